The maximum Gasteiger partial charge on any atom is 0.0540 e. The van der Waals surface area contributed by atoms with Crippen LogP contribution in [0, 0.1) is 0 Å². The summed E-state index contributed by atoms with van der Waals surface area (Å²) in [6, 6.07) is 74.3. The lowest BCUT2D eigenvalue weighted by Crippen LogP contribution is -2.15. The van der Waals surface area contributed by atoms with Crippen LogP contribution in [0.1, 0.15) is 49.9 Å². The van der Waals surface area contributed by atoms with Gasteiger partial charge in [-0.3, -0.25) is 0 Å². The Kier molecular flexibility index (Phi) is 7.94. The molecule has 0 amide bonds. The molecule has 0 atom stereocenters. The number of benzene rings is 9. The van der Waals surface area contributed by atoms with Crippen molar-refractivity contribution in [2.24, 2.45) is 0 Å². The van der Waals surface area contributed by atoms with E-state index in [2.05, 4.69) is 233 Å². The van der Waals surface area contributed by atoms with Gasteiger partial charge >= 0.3 is 0 Å². The van der Waals surface area contributed by atoms with E-state index in [4.69, 9.17) is 0 Å². The number of fused-ring (bicyclic) bond motifs is 7. The zero-order valence-corrected chi connectivity index (χ0v) is 34.0. The Hall–Kier alpha value is -6.96. The average Bonchev–Trinajstić information content (AvgIpc) is 3.66. The van der Waals surface area contributed by atoms with E-state index in [1.165, 1.54) is 88.7 Å². The Morgan fingerprint density at radius 3 is 1.54 bits per heavy atom. The fourth-order valence-corrected chi connectivity index (χ4v) is 10.3. The first-order valence-corrected chi connectivity index (χ1v) is 20.9. The highest BCUT2D eigenvalue weighted by Crippen LogP contribution is 2.55. The second-order valence-electron chi connectivity index (χ2n) is 17.3. The molecule has 1 heteroatoms. The quantitative estimate of drug-likeness (QED) is 0.163. The van der Waals surface area contributed by atoms with Crippen LogP contribution in [0.3, 0.4) is 0 Å². The van der Waals surface area contributed by atoms with E-state index >= 15 is 0 Å². The molecule has 59 heavy (non-hydrogen) atoms. The fraction of sp³-hybridized carbons (Fsp3) is 0.103. The molecule has 0 aromatic heterocycles. The predicted octanol–water partition coefficient (Wildman–Crippen LogP) is 15.9. The van der Waals surface area contributed by atoms with Crippen molar-refractivity contribution in [3.05, 3.63) is 222 Å². The summed E-state index contributed by atoms with van der Waals surface area (Å²) in [6.45, 7) is 9.42. The Morgan fingerprint density at radius 1 is 0.322 bits per heavy atom. The molecule has 9 aromatic carbocycles. The lowest BCUT2D eigenvalue weighted by molar-refractivity contribution is 0.660. The van der Waals surface area contributed by atoms with Crippen molar-refractivity contribution in [3.8, 4) is 55.6 Å². The van der Waals surface area contributed by atoms with E-state index in [9.17, 15) is 0 Å². The molecule has 0 fully saturated rings. The molecule has 2 aliphatic carbocycles. The van der Waals surface area contributed by atoms with Crippen LogP contribution in [0.15, 0.2) is 200 Å². The summed E-state index contributed by atoms with van der Waals surface area (Å²) in [5.74, 6) is 0. The molecule has 0 saturated heterocycles. The van der Waals surface area contributed by atoms with Crippen molar-refractivity contribution >= 4 is 27.8 Å². The van der Waals surface area contributed by atoms with Crippen LogP contribution in [-0.2, 0) is 10.8 Å². The zero-order chi connectivity index (χ0) is 39.9. The van der Waals surface area contributed by atoms with Gasteiger partial charge in [0.15, 0.2) is 0 Å². The highest BCUT2D eigenvalue weighted by Gasteiger charge is 2.38. The third-order valence-electron chi connectivity index (χ3n) is 13.3. The van der Waals surface area contributed by atoms with Crippen LogP contribution in [0.25, 0.3) is 66.4 Å². The van der Waals surface area contributed by atoms with Crippen molar-refractivity contribution in [3.63, 3.8) is 0 Å². The molecule has 0 aliphatic heterocycles. The summed E-state index contributed by atoms with van der Waals surface area (Å²) in [5.41, 5.74) is 21.4. The summed E-state index contributed by atoms with van der Waals surface area (Å²) < 4.78 is 0. The molecule has 0 heterocycles. The first kappa shape index (κ1) is 35.2. The Bertz CT molecular complexity index is 3100. The highest BCUT2D eigenvalue weighted by atomic mass is 15.1. The molecular weight excluding hydrogens is 711 g/mol. The van der Waals surface area contributed by atoms with E-state index in [1.54, 1.807) is 0 Å². The molecule has 9 aromatic rings. The number of nitrogens with zero attached hydrogens (tertiary/aromatic N) is 1. The minimum atomic E-state index is -0.0945. The largest absolute Gasteiger partial charge is 0.309 e. The van der Waals surface area contributed by atoms with Gasteiger partial charge in [-0.1, -0.05) is 198 Å². The van der Waals surface area contributed by atoms with Crippen LogP contribution < -0.4 is 4.90 Å². The molecule has 0 saturated carbocycles. The third kappa shape index (κ3) is 5.38. The van der Waals surface area contributed by atoms with Gasteiger partial charge in [0, 0.05) is 27.6 Å². The van der Waals surface area contributed by atoms with Gasteiger partial charge in [-0.2, -0.15) is 0 Å². The lowest BCUT2D eigenvalue weighted by Gasteiger charge is -2.31. The van der Waals surface area contributed by atoms with Crippen molar-refractivity contribution in [2.45, 2.75) is 38.5 Å². The van der Waals surface area contributed by atoms with E-state index in [1.807, 2.05) is 0 Å². The molecular formula is C58H45N. The van der Waals surface area contributed by atoms with Crippen molar-refractivity contribution in [2.75, 3.05) is 4.90 Å². The van der Waals surface area contributed by atoms with E-state index in [0.717, 1.165) is 17.1 Å². The summed E-state index contributed by atoms with van der Waals surface area (Å²) in [4.78, 5) is 2.49. The number of anilines is 3. The van der Waals surface area contributed by atoms with Gasteiger partial charge in [0.2, 0.25) is 0 Å². The molecule has 0 spiro atoms. The predicted molar refractivity (Wildman–Crippen MR) is 250 cm³/mol. The van der Waals surface area contributed by atoms with Crippen molar-refractivity contribution in [1.82, 2.24) is 0 Å². The summed E-state index contributed by atoms with van der Waals surface area (Å²) in [7, 11) is 0. The Balaban J connectivity index is 1.11. The minimum absolute atomic E-state index is 0.0175. The summed E-state index contributed by atoms with van der Waals surface area (Å²) in [5, 5.41) is 2.48. The second kappa shape index (κ2) is 13.3. The SMILES string of the molecule is CC1(C)c2ccccc2-c2cc(-c3ccc(N(c4ccccc4-c4cccc5c4-c4ccccc4C5(C)C)c4ccccc4-c4cccc5ccccc45)cc3)ccc21. The smallest absolute Gasteiger partial charge is 0.0540 e. The second-order valence-corrected chi connectivity index (χ2v) is 17.3. The Labute approximate surface area is 347 Å². The van der Waals surface area contributed by atoms with E-state index in [-0.39, 0.29) is 10.8 Å². The van der Waals surface area contributed by atoms with Crippen LogP contribution >= 0.6 is 0 Å². The molecule has 0 unspecified atom stereocenters. The molecule has 0 bridgehead atoms. The number of para-hydroxylation sites is 2. The molecule has 2 aliphatic rings. The normalized spacial score (nSPS) is 14.0. The molecule has 282 valence electrons. The van der Waals surface area contributed by atoms with Gasteiger partial charge in [-0.05, 0) is 108 Å². The van der Waals surface area contributed by atoms with E-state index in [0.29, 0.717) is 0 Å². The number of rotatable bonds is 6. The molecule has 0 radical (unpaired) electrons. The van der Waals surface area contributed by atoms with Gasteiger partial charge in [-0.15, -0.1) is 0 Å². The van der Waals surface area contributed by atoms with Crippen LogP contribution in [0.2, 0.25) is 0 Å². The topological polar surface area (TPSA) is 3.24 Å². The maximum absolute atomic E-state index is 2.49. The summed E-state index contributed by atoms with van der Waals surface area (Å²) in [6.07, 6.45) is 0. The number of hydrogen-bond acceptors (Lipinski definition) is 1. The van der Waals surface area contributed by atoms with Gasteiger partial charge in [-0.25, -0.2) is 0 Å². The standard InChI is InChI=1S/C58H45N/c1-57(2)50-26-11-7-20-44(50)49-37-40(33-36-52(49)57)38-31-34-41(35-32-38)59(54-29-13-9-21-45(54)43-24-15-18-39-17-5-6-19-42(39)43)55-30-14-10-22-46(55)47-25-16-28-53-56(47)48-23-8-12-27-51(48)58(53,3)4/h5-37H,1-4H3. The minimum Gasteiger partial charge on any atom is -0.309 e. The van der Waals surface area contributed by atoms with Crippen molar-refractivity contribution in [1.29, 1.82) is 0 Å². The van der Waals surface area contributed by atoms with Crippen LogP contribution in [-0.4, -0.2) is 0 Å². The fourth-order valence-electron chi connectivity index (χ4n) is 10.3. The average molecular weight is 756 g/mol. The third-order valence-corrected chi connectivity index (χ3v) is 13.3. The van der Waals surface area contributed by atoms with Gasteiger partial charge in [0.25, 0.3) is 0 Å². The lowest BCUT2D eigenvalue weighted by atomic mass is 9.82. The van der Waals surface area contributed by atoms with Crippen LogP contribution in [0.4, 0.5) is 17.1 Å². The maximum atomic E-state index is 2.49. The Morgan fingerprint density at radius 2 is 0.797 bits per heavy atom. The first-order valence-electron chi connectivity index (χ1n) is 20.9. The van der Waals surface area contributed by atoms with E-state index < -0.39 is 0 Å². The van der Waals surface area contributed by atoms with Gasteiger partial charge in [0.05, 0.1) is 11.4 Å². The summed E-state index contributed by atoms with van der Waals surface area (Å²) >= 11 is 0. The monoisotopic (exact) mass is 755 g/mol. The van der Waals surface area contributed by atoms with Crippen molar-refractivity contribution < 1.29 is 0 Å². The molecule has 11 rings (SSSR count). The van der Waals surface area contributed by atoms with Gasteiger partial charge < -0.3 is 4.90 Å². The highest BCUT2D eigenvalue weighted by molar-refractivity contribution is 6.04. The van der Waals surface area contributed by atoms with Crippen LogP contribution in [0.5, 0.6) is 0 Å². The molecule has 0 N–H and O–H groups in total. The first-order chi connectivity index (χ1) is 28.8. The number of hydrogen-bond donors (Lipinski definition) is 0. The van der Waals surface area contributed by atoms with Gasteiger partial charge in [0.1, 0.15) is 0 Å². The molecule has 1 nitrogen and oxygen atoms in total. The zero-order valence-electron chi connectivity index (χ0n) is 34.0.